The Morgan fingerprint density at radius 1 is 1.33 bits per heavy atom. The van der Waals surface area contributed by atoms with Crippen molar-refractivity contribution >= 4 is 11.8 Å². The molecule has 0 aliphatic carbocycles. The first-order valence-electron chi connectivity index (χ1n) is 8.14. The molecule has 1 saturated heterocycles. The van der Waals surface area contributed by atoms with Gasteiger partial charge in [0, 0.05) is 25.3 Å². The highest BCUT2D eigenvalue weighted by Crippen LogP contribution is 2.19. The van der Waals surface area contributed by atoms with Crippen LogP contribution in [-0.4, -0.2) is 35.3 Å². The van der Waals surface area contributed by atoms with E-state index in [0.717, 1.165) is 30.9 Å². The maximum Gasteiger partial charge on any atom is 0.315 e. The summed E-state index contributed by atoms with van der Waals surface area (Å²) in [7, 11) is 0. The lowest BCUT2D eigenvalue weighted by Crippen LogP contribution is -2.44. The van der Waals surface area contributed by atoms with Gasteiger partial charge in [-0.1, -0.05) is 18.2 Å². The van der Waals surface area contributed by atoms with Crippen molar-refractivity contribution < 1.29 is 9.90 Å². The molecule has 0 saturated carbocycles. The first kappa shape index (κ1) is 16.1. The van der Waals surface area contributed by atoms with E-state index >= 15 is 0 Å². The first-order valence-corrected chi connectivity index (χ1v) is 8.14. The van der Waals surface area contributed by atoms with Crippen LogP contribution >= 0.6 is 0 Å². The average Bonchev–Trinajstić information content (AvgIpc) is 3.04. The number of phenolic OH excluding ortho intramolecular Hbond substituents is 1. The highest BCUT2D eigenvalue weighted by Gasteiger charge is 2.25. The van der Waals surface area contributed by atoms with Crippen molar-refractivity contribution in [1.29, 1.82) is 0 Å². The van der Waals surface area contributed by atoms with E-state index in [9.17, 15) is 9.90 Å². The highest BCUT2D eigenvalue weighted by molar-refractivity contribution is 5.75. The van der Waals surface area contributed by atoms with Crippen LogP contribution in [0.4, 0.5) is 10.6 Å². The van der Waals surface area contributed by atoms with Crippen molar-refractivity contribution in [3.63, 3.8) is 0 Å². The maximum absolute atomic E-state index is 12.2. The number of pyridine rings is 1. The molecule has 6 heteroatoms. The summed E-state index contributed by atoms with van der Waals surface area (Å²) in [6, 6.07) is 12.5. The van der Waals surface area contributed by atoms with Crippen LogP contribution in [0.3, 0.4) is 0 Å². The molecule has 2 aromatic rings. The fraction of sp³-hybridized carbons (Fsp3) is 0.333. The molecule has 1 aliphatic heterocycles. The van der Waals surface area contributed by atoms with Gasteiger partial charge in [0.15, 0.2) is 0 Å². The van der Waals surface area contributed by atoms with Crippen molar-refractivity contribution in [2.45, 2.75) is 25.4 Å². The first-order chi connectivity index (χ1) is 11.6. The second kappa shape index (κ2) is 7.21. The number of carbonyl (C=O) groups excluding carboxylic acids is 1. The number of nitrogens with zero attached hydrogens (tertiary/aromatic N) is 2. The van der Waals surface area contributed by atoms with Crippen LogP contribution < -0.4 is 15.5 Å². The quantitative estimate of drug-likeness (QED) is 0.806. The van der Waals surface area contributed by atoms with E-state index in [1.54, 1.807) is 24.4 Å². The normalized spacial score (nSPS) is 18.2. The zero-order valence-electron chi connectivity index (χ0n) is 13.6. The van der Waals surface area contributed by atoms with Crippen LogP contribution in [0.2, 0.25) is 0 Å². The van der Waals surface area contributed by atoms with Crippen molar-refractivity contribution in [3.05, 3.63) is 54.2 Å². The van der Waals surface area contributed by atoms with Crippen molar-refractivity contribution in [2.75, 3.05) is 18.0 Å². The van der Waals surface area contributed by atoms with E-state index in [0.29, 0.717) is 0 Å². The molecule has 3 rings (SSSR count). The van der Waals surface area contributed by atoms with Crippen LogP contribution in [0.15, 0.2) is 48.7 Å². The molecule has 6 nitrogen and oxygen atoms in total. The number of aromatic hydroxyl groups is 1. The number of carbonyl (C=O) groups is 1. The fourth-order valence-corrected chi connectivity index (χ4v) is 2.93. The zero-order chi connectivity index (χ0) is 16.9. The van der Waals surface area contributed by atoms with E-state index in [-0.39, 0.29) is 23.9 Å². The van der Waals surface area contributed by atoms with Gasteiger partial charge in [0.2, 0.25) is 0 Å². The second-order valence-corrected chi connectivity index (χ2v) is 6.05. The SMILES string of the molecule is C[C@@H](NC(=O)NC1CCN(c2ccccn2)C1)c1cccc(O)c1. The Morgan fingerprint density at radius 2 is 2.21 bits per heavy atom. The van der Waals surface area contributed by atoms with Crippen LogP contribution in [0.1, 0.15) is 24.9 Å². The lowest BCUT2D eigenvalue weighted by molar-refractivity contribution is 0.235. The third kappa shape index (κ3) is 3.95. The number of nitrogens with one attached hydrogen (secondary N) is 2. The molecular weight excluding hydrogens is 304 g/mol. The molecule has 0 radical (unpaired) electrons. The van der Waals surface area contributed by atoms with Gasteiger partial charge in [-0.3, -0.25) is 0 Å². The number of phenols is 1. The van der Waals surface area contributed by atoms with Gasteiger partial charge in [-0.25, -0.2) is 9.78 Å². The number of benzene rings is 1. The van der Waals surface area contributed by atoms with Gasteiger partial charge in [-0.2, -0.15) is 0 Å². The molecule has 3 N–H and O–H groups in total. The van der Waals surface area contributed by atoms with Crippen LogP contribution in [-0.2, 0) is 0 Å². The predicted octanol–water partition coefficient (Wildman–Crippen LogP) is 2.43. The molecule has 1 fully saturated rings. The summed E-state index contributed by atoms with van der Waals surface area (Å²) in [5, 5.41) is 15.4. The molecule has 2 amide bonds. The summed E-state index contributed by atoms with van der Waals surface area (Å²) in [5.74, 6) is 1.14. The van der Waals surface area contributed by atoms with E-state index < -0.39 is 0 Å². The van der Waals surface area contributed by atoms with Crippen molar-refractivity contribution in [3.8, 4) is 5.75 Å². The number of hydrogen-bond acceptors (Lipinski definition) is 4. The second-order valence-electron chi connectivity index (χ2n) is 6.05. The van der Waals surface area contributed by atoms with Crippen LogP contribution in [0.5, 0.6) is 5.75 Å². The van der Waals surface area contributed by atoms with E-state index in [1.165, 1.54) is 0 Å². The smallest absolute Gasteiger partial charge is 0.315 e. The van der Waals surface area contributed by atoms with Gasteiger partial charge in [-0.15, -0.1) is 0 Å². The molecule has 0 bridgehead atoms. The van der Waals surface area contributed by atoms with Gasteiger partial charge < -0.3 is 20.6 Å². The maximum atomic E-state index is 12.2. The minimum absolute atomic E-state index is 0.100. The summed E-state index contributed by atoms with van der Waals surface area (Å²) in [5.41, 5.74) is 0.867. The summed E-state index contributed by atoms with van der Waals surface area (Å²) in [6.07, 6.45) is 2.67. The molecule has 2 atom stereocenters. The van der Waals surface area contributed by atoms with Gasteiger partial charge in [0.05, 0.1) is 6.04 Å². The Balaban J connectivity index is 1.51. The molecule has 0 spiro atoms. The summed E-state index contributed by atoms with van der Waals surface area (Å²) in [6.45, 7) is 3.53. The highest BCUT2D eigenvalue weighted by atomic mass is 16.3. The van der Waals surface area contributed by atoms with Crippen LogP contribution in [0, 0.1) is 0 Å². The average molecular weight is 326 g/mol. The summed E-state index contributed by atoms with van der Waals surface area (Å²) < 4.78 is 0. The molecular formula is C18H22N4O2. The van der Waals surface area contributed by atoms with E-state index in [4.69, 9.17) is 0 Å². The number of hydrogen-bond donors (Lipinski definition) is 3. The van der Waals surface area contributed by atoms with Crippen molar-refractivity contribution in [2.24, 2.45) is 0 Å². The molecule has 2 heterocycles. The molecule has 1 aromatic heterocycles. The Morgan fingerprint density at radius 3 is 2.96 bits per heavy atom. The number of rotatable bonds is 4. The summed E-state index contributed by atoms with van der Waals surface area (Å²) >= 11 is 0. The standard InChI is InChI=1S/C18H22N4O2/c1-13(14-5-4-6-16(23)11-14)20-18(24)21-15-8-10-22(12-15)17-7-2-3-9-19-17/h2-7,9,11,13,15,23H,8,10,12H2,1H3,(H2,20,21,24)/t13-,15?/m1/s1. The predicted molar refractivity (Wildman–Crippen MR) is 93.0 cm³/mol. The van der Waals surface area contributed by atoms with Gasteiger partial charge in [0.1, 0.15) is 11.6 Å². The lowest BCUT2D eigenvalue weighted by Gasteiger charge is -2.19. The van der Waals surface area contributed by atoms with Gasteiger partial charge in [0.25, 0.3) is 0 Å². The van der Waals surface area contributed by atoms with Crippen LogP contribution in [0.25, 0.3) is 0 Å². The third-order valence-electron chi connectivity index (χ3n) is 4.21. The van der Waals surface area contributed by atoms with E-state index in [2.05, 4.69) is 20.5 Å². The van der Waals surface area contributed by atoms with E-state index in [1.807, 2.05) is 31.2 Å². The zero-order valence-corrected chi connectivity index (χ0v) is 13.6. The lowest BCUT2D eigenvalue weighted by atomic mass is 10.1. The minimum atomic E-state index is -0.196. The molecule has 126 valence electrons. The summed E-state index contributed by atoms with van der Waals surface area (Å²) in [4.78, 5) is 18.7. The number of urea groups is 1. The Bertz CT molecular complexity index is 692. The van der Waals surface area contributed by atoms with Crippen molar-refractivity contribution in [1.82, 2.24) is 15.6 Å². The monoisotopic (exact) mass is 326 g/mol. The fourth-order valence-electron chi connectivity index (χ4n) is 2.93. The molecule has 1 aromatic carbocycles. The molecule has 24 heavy (non-hydrogen) atoms. The molecule has 1 unspecified atom stereocenters. The number of amides is 2. The van der Waals surface area contributed by atoms with Gasteiger partial charge in [-0.05, 0) is 43.2 Å². The minimum Gasteiger partial charge on any atom is -0.508 e. The Kier molecular flexibility index (Phi) is 4.84. The topological polar surface area (TPSA) is 77.5 Å². The Labute approximate surface area is 141 Å². The van der Waals surface area contributed by atoms with Gasteiger partial charge >= 0.3 is 6.03 Å². The Hall–Kier alpha value is -2.76. The third-order valence-corrected chi connectivity index (χ3v) is 4.21. The molecule has 1 aliphatic rings. The number of aromatic nitrogens is 1. The largest absolute Gasteiger partial charge is 0.508 e. The number of anilines is 1.